The van der Waals surface area contributed by atoms with Gasteiger partial charge in [-0.3, -0.25) is 0 Å². The van der Waals surface area contributed by atoms with Crippen LogP contribution in [0.4, 0.5) is 4.79 Å². The summed E-state index contributed by atoms with van der Waals surface area (Å²) in [6, 6.07) is 0.0554. The van der Waals surface area contributed by atoms with Gasteiger partial charge in [0.1, 0.15) is 11.7 Å². The smallest absolute Gasteiger partial charge is 0.407 e. The van der Waals surface area contributed by atoms with Crippen molar-refractivity contribution in [3.05, 3.63) is 0 Å². The normalized spacial score (nSPS) is 22.4. The van der Waals surface area contributed by atoms with Gasteiger partial charge in [-0.1, -0.05) is 13.8 Å². The maximum absolute atomic E-state index is 11.5. The van der Waals surface area contributed by atoms with E-state index in [9.17, 15) is 4.79 Å². The molecule has 1 heterocycles. The van der Waals surface area contributed by atoms with Crippen molar-refractivity contribution >= 4 is 6.09 Å². The summed E-state index contributed by atoms with van der Waals surface area (Å²) in [5, 5.41) is 2.85. The number of nitrogens with one attached hydrogen (secondary N) is 1. The van der Waals surface area contributed by atoms with Crippen molar-refractivity contribution < 1.29 is 14.3 Å². The summed E-state index contributed by atoms with van der Waals surface area (Å²) in [6.07, 6.45) is -0.200. The van der Waals surface area contributed by atoms with Crippen molar-refractivity contribution in [1.82, 2.24) is 5.32 Å². The zero-order valence-electron chi connectivity index (χ0n) is 10.2. The number of carbonyl (C=O) groups is 1. The molecule has 4 nitrogen and oxygen atoms in total. The molecule has 0 aromatic carbocycles. The average molecular weight is 215 g/mol. The number of carbonyl (C=O) groups excluding carboxylic acids is 1. The van der Waals surface area contributed by atoms with E-state index in [-0.39, 0.29) is 18.2 Å². The third kappa shape index (κ3) is 4.51. The molecule has 1 fully saturated rings. The van der Waals surface area contributed by atoms with Crippen molar-refractivity contribution in [2.45, 2.75) is 52.4 Å². The first-order chi connectivity index (χ1) is 6.79. The highest BCUT2D eigenvalue weighted by Crippen LogP contribution is 2.20. The molecule has 1 N–H and O–H groups in total. The minimum atomic E-state index is -0.448. The van der Waals surface area contributed by atoms with Gasteiger partial charge >= 0.3 is 6.09 Å². The SMILES string of the molecule is CC(C)[C@@H](NC(=O)OC(C)(C)C)[C@@H]1CO1. The van der Waals surface area contributed by atoms with E-state index >= 15 is 0 Å². The summed E-state index contributed by atoms with van der Waals surface area (Å²) in [4.78, 5) is 11.5. The van der Waals surface area contributed by atoms with E-state index in [1.54, 1.807) is 0 Å². The van der Waals surface area contributed by atoms with Crippen LogP contribution in [-0.2, 0) is 9.47 Å². The molecule has 1 aliphatic heterocycles. The molecule has 1 rings (SSSR count). The minimum Gasteiger partial charge on any atom is -0.444 e. The van der Waals surface area contributed by atoms with E-state index in [4.69, 9.17) is 9.47 Å². The predicted octanol–water partition coefficient (Wildman–Crippen LogP) is 1.93. The van der Waals surface area contributed by atoms with Gasteiger partial charge in [-0.15, -0.1) is 0 Å². The zero-order chi connectivity index (χ0) is 11.6. The third-order valence-electron chi connectivity index (χ3n) is 2.16. The molecule has 88 valence electrons. The summed E-state index contributed by atoms with van der Waals surface area (Å²) >= 11 is 0. The van der Waals surface area contributed by atoms with Crippen LogP contribution in [0.5, 0.6) is 0 Å². The monoisotopic (exact) mass is 215 g/mol. The highest BCUT2D eigenvalue weighted by atomic mass is 16.6. The average Bonchev–Trinajstić information content (AvgIpc) is 2.78. The molecule has 0 aromatic rings. The van der Waals surface area contributed by atoms with Gasteiger partial charge in [0.15, 0.2) is 0 Å². The summed E-state index contributed by atoms with van der Waals surface area (Å²) in [7, 11) is 0. The van der Waals surface area contributed by atoms with Crippen molar-refractivity contribution in [3.63, 3.8) is 0 Å². The molecule has 0 aromatic heterocycles. The van der Waals surface area contributed by atoms with Crippen molar-refractivity contribution in [1.29, 1.82) is 0 Å². The van der Waals surface area contributed by atoms with Gasteiger partial charge in [-0.2, -0.15) is 0 Å². The maximum Gasteiger partial charge on any atom is 0.407 e. The zero-order valence-corrected chi connectivity index (χ0v) is 10.2. The Bertz CT molecular complexity index is 226. The highest BCUT2D eigenvalue weighted by Gasteiger charge is 2.36. The van der Waals surface area contributed by atoms with Crippen LogP contribution in [-0.4, -0.2) is 30.4 Å². The molecule has 2 atom stereocenters. The Morgan fingerprint density at radius 2 is 2.00 bits per heavy atom. The van der Waals surface area contributed by atoms with Crippen LogP contribution in [0.1, 0.15) is 34.6 Å². The standard InChI is InChI=1S/C11H21NO3/c1-7(2)9(8-6-14-8)12-10(13)15-11(3,4)5/h7-9H,6H2,1-5H3,(H,12,13)/t8-,9+/m0/s1. The first kappa shape index (κ1) is 12.3. The summed E-state index contributed by atoms with van der Waals surface area (Å²) < 4.78 is 10.4. The van der Waals surface area contributed by atoms with E-state index < -0.39 is 5.60 Å². The number of hydrogen-bond acceptors (Lipinski definition) is 3. The van der Waals surface area contributed by atoms with Crippen LogP contribution in [0.2, 0.25) is 0 Å². The van der Waals surface area contributed by atoms with Crippen molar-refractivity contribution in [2.75, 3.05) is 6.61 Å². The fraction of sp³-hybridized carbons (Fsp3) is 0.909. The molecular weight excluding hydrogens is 194 g/mol. The molecule has 0 radical (unpaired) electrons. The molecule has 0 bridgehead atoms. The lowest BCUT2D eigenvalue weighted by molar-refractivity contribution is 0.0478. The Morgan fingerprint density at radius 3 is 2.33 bits per heavy atom. The minimum absolute atomic E-state index is 0.0554. The van der Waals surface area contributed by atoms with Crippen LogP contribution in [0.25, 0.3) is 0 Å². The second kappa shape index (κ2) is 4.39. The molecule has 1 saturated heterocycles. The Labute approximate surface area is 91.3 Å². The van der Waals surface area contributed by atoms with Gasteiger partial charge in [0.25, 0.3) is 0 Å². The molecule has 1 amide bonds. The number of ether oxygens (including phenoxy) is 2. The van der Waals surface area contributed by atoms with Gasteiger partial charge in [0, 0.05) is 0 Å². The van der Waals surface area contributed by atoms with E-state index in [0.717, 1.165) is 6.61 Å². The second-order valence-corrected chi connectivity index (χ2v) is 5.29. The first-order valence-electron chi connectivity index (χ1n) is 5.41. The Balaban J connectivity index is 2.41. The molecule has 0 aliphatic carbocycles. The molecule has 0 spiro atoms. The van der Waals surface area contributed by atoms with Crippen LogP contribution < -0.4 is 5.32 Å². The van der Waals surface area contributed by atoms with Crippen LogP contribution in [0.3, 0.4) is 0 Å². The summed E-state index contributed by atoms with van der Waals surface area (Å²) in [5.74, 6) is 0.352. The lowest BCUT2D eigenvalue weighted by Gasteiger charge is -2.24. The Kier molecular flexibility index (Phi) is 3.60. The summed E-state index contributed by atoms with van der Waals surface area (Å²) in [5.41, 5.74) is -0.448. The fourth-order valence-corrected chi connectivity index (χ4v) is 1.40. The van der Waals surface area contributed by atoms with E-state index in [2.05, 4.69) is 19.2 Å². The van der Waals surface area contributed by atoms with Gasteiger partial charge in [0.2, 0.25) is 0 Å². The third-order valence-corrected chi connectivity index (χ3v) is 2.16. The molecule has 0 unspecified atom stereocenters. The van der Waals surface area contributed by atoms with Crippen LogP contribution in [0.15, 0.2) is 0 Å². The van der Waals surface area contributed by atoms with Gasteiger partial charge in [-0.05, 0) is 26.7 Å². The molecule has 1 aliphatic rings. The van der Waals surface area contributed by atoms with Crippen molar-refractivity contribution in [2.24, 2.45) is 5.92 Å². The van der Waals surface area contributed by atoms with Crippen LogP contribution >= 0.6 is 0 Å². The second-order valence-electron chi connectivity index (χ2n) is 5.29. The van der Waals surface area contributed by atoms with Crippen molar-refractivity contribution in [3.8, 4) is 0 Å². The number of epoxide rings is 1. The quantitative estimate of drug-likeness (QED) is 0.732. The predicted molar refractivity (Wildman–Crippen MR) is 57.7 cm³/mol. The maximum atomic E-state index is 11.5. The van der Waals surface area contributed by atoms with E-state index in [0.29, 0.717) is 5.92 Å². The number of amides is 1. The van der Waals surface area contributed by atoms with Crippen LogP contribution in [0, 0.1) is 5.92 Å². The molecule has 4 heteroatoms. The highest BCUT2D eigenvalue weighted by molar-refractivity contribution is 5.68. The fourth-order valence-electron chi connectivity index (χ4n) is 1.40. The van der Waals surface area contributed by atoms with E-state index in [1.807, 2.05) is 20.8 Å². The Hall–Kier alpha value is -0.770. The number of alkyl carbamates (subject to hydrolysis) is 1. The number of hydrogen-bond donors (Lipinski definition) is 1. The largest absolute Gasteiger partial charge is 0.444 e. The van der Waals surface area contributed by atoms with Gasteiger partial charge in [0.05, 0.1) is 12.6 Å². The summed E-state index contributed by atoms with van der Waals surface area (Å²) in [6.45, 7) is 10.4. The topological polar surface area (TPSA) is 50.9 Å². The lowest BCUT2D eigenvalue weighted by Crippen LogP contribution is -2.44. The molecule has 15 heavy (non-hydrogen) atoms. The molecule has 0 saturated carbocycles. The van der Waals surface area contributed by atoms with Gasteiger partial charge in [-0.25, -0.2) is 4.79 Å². The van der Waals surface area contributed by atoms with E-state index in [1.165, 1.54) is 0 Å². The first-order valence-corrected chi connectivity index (χ1v) is 5.41. The Morgan fingerprint density at radius 1 is 1.47 bits per heavy atom. The lowest BCUT2D eigenvalue weighted by atomic mass is 10.0. The number of rotatable bonds is 3. The molecular formula is C11H21NO3. The van der Waals surface area contributed by atoms with Gasteiger partial charge < -0.3 is 14.8 Å².